The van der Waals surface area contributed by atoms with Gasteiger partial charge in [-0.2, -0.15) is 0 Å². The summed E-state index contributed by atoms with van der Waals surface area (Å²) in [5.41, 5.74) is 2.80. The number of nitrogens with one attached hydrogen (secondary N) is 2. The molecule has 0 aliphatic rings. The first kappa shape index (κ1) is 15.0. The van der Waals surface area contributed by atoms with Crippen molar-refractivity contribution < 1.29 is 8.42 Å². The van der Waals surface area contributed by atoms with E-state index in [9.17, 15) is 8.42 Å². The number of hydrogen-bond acceptors (Lipinski definition) is 4. The molecule has 108 valence electrons. The lowest BCUT2D eigenvalue weighted by atomic mass is 10.1. The first-order valence-corrected chi connectivity index (χ1v) is 8.56. The lowest BCUT2D eigenvalue weighted by Gasteiger charge is -2.08. The normalized spacial score (nSPS) is 11.6. The smallest absolute Gasteiger partial charge is 0.271 e. The topological polar surface area (TPSA) is 58.2 Å². The van der Waals surface area contributed by atoms with E-state index < -0.39 is 10.0 Å². The van der Waals surface area contributed by atoms with E-state index in [1.807, 2.05) is 39.1 Å². The summed E-state index contributed by atoms with van der Waals surface area (Å²) < 4.78 is 27.5. The van der Waals surface area contributed by atoms with E-state index in [1.165, 1.54) is 11.3 Å². The third-order valence-corrected chi connectivity index (χ3v) is 5.97. The van der Waals surface area contributed by atoms with Crippen LogP contribution in [0.25, 0.3) is 0 Å². The molecule has 0 saturated heterocycles. The monoisotopic (exact) mass is 310 g/mol. The molecule has 1 aromatic carbocycles. The fourth-order valence-electron chi connectivity index (χ4n) is 1.78. The molecule has 0 fully saturated rings. The summed E-state index contributed by atoms with van der Waals surface area (Å²) in [6, 6.07) is 9.00. The van der Waals surface area contributed by atoms with Gasteiger partial charge < -0.3 is 5.32 Å². The number of thiophene rings is 1. The summed E-state index contributed by atoms with van der Waals surface area (Å²) in [5, 5.41) is 3.01. The van der Waals surface area contributed by atoms with Crippen LogP contribution in [0.5, 0.6) is 0 Å². The molecule has 0 amide bonds. The molecule has 0 saturated carbocycles. The SMILES string of the molecule is CNCc1ccc(S(=O)(=O)Nc2ccc(C)c(C)c2)s1. The number of rotatable bonds is 5. The highest BCUT2D eigenvalue weighted by atomic mass is 32.2. The molecule has 0 bridgehead atoms. The quantitative estimate of drug-likeness (QED) is 0.893. The molecule has 1 aromatic heterocycles. The standard InChI is InChI=1S/C14H18N2O2S2/c1-10-4-5-12(8-11(10)2)16-20(17,18)14-7-6-13(19-14)9-15-3/h4-8,15-16H,9H2,1-3H3. The van der Waals surface area contributed by atoms with Gasteiger partial charge in [0.15, 0.2) is 0 Å². The summed E-state index contributed by atoms with van der Waals surface area (Å²) in [6.45, 7) is 4.63. The number of benzene rings is 1. The lowest BCUT2D eigenvalue weighted by molar-refractivity contribution is 0.603. The largest absolute Gasteiger partial charge is 0.315 e. The molecule has 4 nitrogen and oxygen atoms in total. The van der Waals surface area contributed by atoms with Gasteiger partial charge >= 0.3 is 0 Å². The molecule has 2 N–H and O–H groups in total. The van der Waals surface area contributed by atoms with Crippen molar-refractivity contribution in [3.05, 3.63) is 46.3 Å². The van der Waals surface area contributed by atoms with Crippen LogP contribution in [-0.4, -0.2) is 15.5 Å². The lowest BCUT2D eigenvalue weighted by Crippen LogP contribution is -2.11. The third kappa shape index (κ3) is 3.39. The Morgan fingerprint density at radius 1 is 1.10 bits per heavy atom. The van der Waals surface area contributed by atoms with Crippen LogP contribution in [0.3, 0.4) is 0 Å². The molecule has 2 rings (SSSR count). The summed E-state index contributed by atoms with van der Waals surface area (Å²) in [6.07, 6.45) is 0. The Labute approximate surface area is 123 Å². The van der Waals surface area contributed by atoms with Crippen molar-refractivity contribution in [2.24, 2.45) is 0 Å². The highest BCUT2D eigenvalue weighted by Crippen LogP contribution is 2.24. The minimum Gasteiger partial charge on any atom is -0.315 e. The molecule has 0 unspecified atom stereocenters. The van der Waals surface area contributed by atoms with Crippen LogP contribution >= 0.6 is 11.3 Å². The Kier molecular flexibility index (Phi) is 4.47. The van der Waals surface area contributed by atoms with E-state index in [-0.39, 0.29) is 0 Å². The number of anilines is 1. The predicted molar refractivity (Wildman–Crippen MR) is 83.8 cm³/mol. The molecule has 0 aliphatic heterocycles. The van der Waals surface area contributed by atoms with Crippen LogP contribution in [0.15, 0.2) is 34.5 Å². The van der Waals surface area contributed by atoms with E-state index in [0.29, 0.717) is 16.4 Å². The number of hydrogen-bond donors (Lipinski definition) is 2. The van der Waals surface area contributed by atoms with Gasteiger partial charge in [-0.1, -0.05) is 6.07 Å². The van der Waals surface area contributed by atoms with Crippen LogP contribution in [-0.2, 0) is 16.6 Å². The molecular weight excluding hydrogens is 292 g/mol. The molecule has 2 aromatic rings. The maximum absolute atomic E-state index is 12.3. The zero-order valence-electron chi connectivity index (χ0n) is 11.7. The molecule has 6 heteroatoms. The Morgan fingerprint density at radius 3 is 2.50 bits per heavy atom. The number of aryl methyl sites for hydroxylation is 2. The average molecular weight is 310 g/mol. The van der Waals surface area contributed by atoms with Gasteiger partial charge in [0.05, 0.1) is 0 Å². The molecular formula is C14H18N2O2S2. The van der Waals surface area contributed by atoms with Gasteiger partial charge in [0.25, 0.3) is 10.0 Å². The molecule has 0 spiro atoms. The number of sulfonamides is 1. The summed E-state index contributed by atoms with van der Waals surface area (Å²) in [5.74, 6) is 0. The minimum atomic E-state index is -3.50. The summed E-state index contributed by atoms with van der Waals surface area (Å²) in [4.78, 5) is 0.993. The Hall–Kier alpha value is -1.37. The second kappa shape index (κ2) is 5.95. The fraction of sp³-hybridized carbons (Fsp3) is 0.286. The van der Waals surface area contributed by atoms with Gasteiger partial charge in [-0.15, -0.1) is 11.3 Å². The van der Waals surface area contributed by atoms with Crippen LogP contribution in [0, 0.1) is 13.8 Å². The zero-order valence-corrected chi connectivity index (χ0v) is 13.4. The van der Waals surface area contributed by atoms with E-state index in [0.717, 1.165) is 16.0 Å². The average Bonchev–Trinajstić information content (AvgIpc) is 2.83. The van der Waals surface area contributed by atoms with E-state index in [1.54, 1.807) is 12.1 Å². The Balaban J connectivity index is 2.23. The molecule has 1 heterocycles. The second-order valence-corrected chi connectivity index (χ2v) is 7.73. The van der Waals surface area contributed by atoms with Crippen molar-refractivity contribution in [3.8, 4) is 0 Å². The first-order valence-electron chi connectivity index (χ1n) is 6.26. The summed E-state index contributed by atoms with van der Waals surface area (Å²) in [7, 11) is -1.67. The molecule has 0 radical (unpaired) electrons. The van der Waals surface area contributed by atoms with Gasteiger partial charge in [-0.3, -0.25) is 4.72 Å². The molecule has 0 aliphatic carbocycles. The van der Waals surface area contributed by atoms with Crippen molar-refractivity contribution in [2.45, 2.75) is 24.6 Å². The van der Waals surface area contributed by atoms with Crippen molar-refractivity contribution in [1.82, 2.24) is 5.32 Å². The van der Waals surface area contributed by atoms with Gasteiger partial charge in [0.2, 0.25) is 0 Å². The van der Waals surface area contributed by atoms with Crippen LogP contribution < -0.4 is 10.0 Å². The Morgan fingerprint density at radius 2 is 1.85 bits per heavy atom. The van der Waals surface area contributed by atoms with Crippen LogP contribution in [0.1, 0.15) is 16.0 Å². The van der Waals surface area contributed by atoms with E-state index in [2.05, 4.69) is 10.0 Å². The molecule has 0 atom stereocenters. The first-order chi connectivity index (χ1) is 9.42. The van der Waals surface area contributed by atoms with Crippen molar-refractivity contribution in [2.75, 3.05) is 11.8 Å². The molecule has 20 heavy (non-hydrogen) atoms. The van der Waals surface area contributed by atoms with Crippen molar-refractivity contribution in [3.63, 3.8) is 0 Å². The van der Waals surface area contributed by atoms with E-state index in [4.69, 9.17) is 0 Å². The third-order valence-electron chi connectivity index (χ3n) is 3.01. The van der Waals surface area contributed by atoms with Gasteiger partial charge in [0.1, 0.15) is 4.21 Å². The van der Waals surface area contributed by atoms with Gasteiger partial charge in [-0.05, 0) is 56.3 Å². The minimum absolute atomic E-state index is 0.334. The Bertz CT molecular complexity index is 706. The van der Waals surface area contributed by atoms with Gasteiger partial charge in [0, 0.05) is 17.1 Å². The van der Waals surface area contributed by atoms with Gasteiger partial charge in [-0.25, -0.2) is 8.42 Å². The highest BCUT2D eigenvalue weighted by molar-refractivity contribution is 7.94. The predicted octanol–water partition coefficient (Wildman–Crippen LogP) is 2.89. The van der Waals surface area contributed by atoms with E-state index >= 15 is 0 Å². The van der Waals surface area contributed by atoms with Crippen LogP contribution in [0.2, 0.25) is 0 Å². The fourth-order valence-corrected chi connectivity index (χ4v) is 4.20. The zero-order chi connectivity index (χ0) is 14.8. The summed E-state index contributed by atoms with van der Waals surface area (Å²) >= 11 is 1.28. The van der Waals surface area contributed by atoms with Crippen LogP contribution in [0.4, 0.5) is 5.69 Å². The maximum atomic E-state index is 12.3. The maximum Gasteiger partial charge on any atom is 0.271 e. The second-order valence-electron chi connectivity index (χ2n) is 4.66. The van der Waals surface area contributed by atoms with Crippen molar-refractivity contribution >= 4 is 27.0 Å². The van der Waals surface area contributed by atoms with Crippen molar-refractivity contribution in [1.29, 1.82) is 0 Å². The highest BCUT2D eigenvalue weighted by Gasteiger charge is 2.17.